The minimum Gasteiger partial charge on any atom is -0.481 e. The zero-order chi connectivity index (χ0) is 9.14. The molecule has 0 aromatic carbocycles. The van der Waals surface area contributed by atoms with Gasteiger partial charge in [-0.25, -0.2) is 0 Å². The molecule has 1 rings (SSSR count). The Labute approximate surface area is 73.2 Å². The van der Waals surface area contributed by atoms with Gasteiger partial charge in [0.15, 0.2) is 0 Å². The molecule has 0 spiro atoms. The molecule has 0 unspecified atom stereocenters. The molecule has 0 aromatic rings. The monoisotopic (exact) mass is 171 g/mol. The van der Waals surface area contributed by atoms with Crippen LogP contribution in [0, 0.1) is 11.8 Å². The van der Waals surface area contributed by atoms with Gasteiger partial charge in [0.25, 0.3) is 0 Å². The number of hydrogen-bond acceptors (Lipinski definition) is 2. The highest BCUT2D eigenvalue weighted by molar-refractivity contribution is 5.70. The molecule has 1 heterocycles. The number of carbonyl (C=O) groups is 1. The van der Waals surface area contributed by atoms with Crippen LogP contribution >= 0.6 is 0 Å². The Morgan fingerprint density at radius 1 is 1.50 bits per heavy atom. The van der Waals surface area contributed by atoms with Gasteiger partial charge in [0, 0.05) is 12.6 Å². The number of carboxylic acids is 1. The number of piperidine rings is 1. The number of carboxylic acid groups (broad SMARTS) is 1. The van der Waals surface area contributed by atoms with Crippen LogP contribution in [-0.4, -0.2) is 23.7 Å². The molecule has 12 heavy (non-hydrogen) atoms. The minimum absolute atomic E-state index is 0.167. The van der Waals surface area contributed by atoms with E-state index in [1.54, 1.807) is 0 Å². The van der Waals surface area contributed by atoms with Crippen LogP contribution in [0.25, 0.3) is 0 Å². The quantitative estimate of drug-likeness (QED) is 0.654. The standard InChI is InChI=1S/C9H17NO2/c1-6(2)8-4-3-7(5-10-8)9(11)12/h6-8,10H,3-5H2,1-2H3,(H,11,12)/t7-,8-/m1/s1. The fourth-order valence-electron chi connectivity index (χ4n) is 1.66. The second kappa shape index (κ2) is 3.90. The van der Waals surface area contributed by atoms with Crippen molar-refractivity contribution in [1.82, 2.24) is 5.32 Å². The Hall–Kier alpha value is -0.570. The lowest BCUT2D eigenvalue weighted by Gasteiger charge is -2.30. The van der Waals surface area contributed by atoms with E-state index in [1.807, 2.05) is 0 Å². The summed E-state index contributed by atoms with van der Waals surface area (Å²) in [6.45, 7) is 4.97. The topological polar surface area (TPSA) is 49.3 Å². The number of nitrogens with one attached hydrogen (secondary N) is 1. The van der Waals surface area contributed by atoms with Crippen LogP contribution in [0.3, 0.4) is 0 Å². The molecule has 1 aliphatic heterocycles. The Balaban J connectivity index is 2.34. The predicted octanol–water partition coefficient (Wildman–Crippen LogP) is 1.10. The van der Waals surface area contributed by atoms with Gasteiger partial charge in [-0.05, 0) is 18.8 Å². The molecule has 2 N–H and O–H groups in total. The van der Waals surface area contributed by atoms with Crippen molar-refractivity contribution in [3.05, 3.63) is 0 Å². The third kappa shape index (κ3) is 2.21. The highest BCUT2D eigenvalue weighted by Gasteiger charge is 2.26. The van der Waals surface area contributed by atoms with Crippen LogP contribution in [0.1, 0.15) is 26.7 Å². The van der Waals surface area contributed by atoms with Gasteiger partial charge in [0.2, 0.25) is 0 Å². The molecule has 0 aliphatic carbocycles. The molecule has 0 saturated carbocycles. The third-order valence-electron chi connectivity index (χ3n) is 2.61. The summed E-state index contributed by atoms with van der Waals surface area (Å²) in [7, 11) is 0. The summed E-state index contributed by atoms with van der Waals surface area (Å²) in [5, 5.41) is 12.0. The summed E-state index contributed by atoms with van der Waals surface area (Å²) < 4.78 is 0. The lowest BCUT2D eigenvalue weighted by atomic mass is 9.89. The first-order valence-electron chi connectivity index (χ1n) is 4.57. The van der Waals surface area contributed by atoms with Gasteiger partial charge >= 0.3 is 5.97 Å². The van der Waals surface area contributed by atoms with Crippen molar-refractivity contribution in [2.45, 2.75) is 32.7 Å². The molecule has 2 atom stereocenters. The van der Waals surface area contributed by atoms with Crippen LogP contribution in [0.15, 0.2) is 0 Å². The molecule has 0 aromatic heterocycles. The van der Waals surface area contributed by atoms with Crippen LogP contribution < -0.4 is 5.32 Å². The highest BCUT2D eigenvalue weighted by Crippen LogP contribution is 2.18. The number of aliphatic carboxylic acids is 1. The molecule has 3 heteroatoms. The first kappa shape index (κ1) is 9.52. The summed E-state index contributed by atoms with van der Waals surface area (Å²) in [4.78, 5) is 10.6. The average Bonchev–Trinajstić information content (AvgIpc) is 2.04. The molecule has 70 valence electrons. The van der Waals surface area contributed by atoms with E-state index in [1.165, 1.54) is 0 Å². The maximum Gasteiger partial charge on any atom is 0.307 e. The van der Waals surface area contributed by atoms with E-state index >= 15 is 0 Å². The van der Waals surface area contributed by atoms with E-state index in [4.69, 9.17) is 5.11 Å². The molecule has 0 amide bonds. The molecule has 0 radical (unpaired) electrons. The zero-order valence-corrected chi connectivity index (χ0v) is 7.71. The van der Waals surface area contributed by atoms with Gasteiger partial charge in [-0.2, -0.15) is 0 Å². The maximum atomic E-state index is 10.6. The van der Waals surface area contributed by atoms with Gasteiger partial charge in [0.1, 0.15) is 0 Å². The summed E-state index contributed by atoms with van der Waals surface area (Å²) in [5.74, 6) is -0.218. The van der Waals surface area contributed by atoms with Crippen molar-refractivity contribution in [3.63, 3.8) is 0 Å². The van der Waals surface area contributed by atoms with Gasteiger partial charge in [-0.1, -0.05) is 13.8 Å². The largest absolute Gasteiger partial charge is 0.481 e. The Bertz CT molecular complexity index is 160. The highest BCUT2D eigenvalue weighted by atomic mass is 16.4. The van der Waals surface area contributed by atoms with Crippen LogP contribution in [0.2, 0.25) is 0 Å². The molecule has 0 bridgehead atoms. The van der Waals surface area contributed by atoms with E-state index in [0.29, 0.717) is 18.5 Å². The van der Waals surface area contributed by atoms with Gasteiger partial charge in [-0.3, -0.25) is 4.79 Å². The van der Waals surface area contributed by atoms with Crippen molar-refractivity contribution in [2.24, 2.45) is 11.8 Å². The van der Waals surface area contributed by atoms with E-state index in [0.717, 1.165) is 12.8 Å². The van der Waals surface area contributed by atoms with Crippen molar-refractivity contribution >= 4 is 5.97 Å². The Morgan fingerprint density at radius 2 is 2.17 bits per heavy atom. The fourth-order valence-corrected chi connectivity index (χ4v) is 1.66. The smallest absolute Gasteiger partial charge is 0.307 e. The lowest BCUT2D eigenvalue weighted by Crippen LogP contribution is -2.44. The lowest BCUT2D eigenvalue weighted by molar-refractivity contribution is -0.142. The maximum absolute atomic E-state index is 10.6. The van der Waals surface area contributed by atoms with Crippen LogP contribution in [0.5, 0.6) is 0 Å². The average molecular weight is 171 g/mol. The molecule has 1 aliphatic rings. The van der Waals surface area contributed by atoms with Gasteiger partial charge in [-0.15, -0.1) is 0 Å². The predicted molar refractivity (Wildman–Crippen MR) is 47.0 cm³/mol. The van der Waals surface area contributed by atoms with Crippen molar-refractivity contribution < 1.29 is 9.90 Å². The Kier molecular flexibility index (Phi) is 3.09. The van der Waals surface area contributed by atoms with Gasteiger partial charge < -0.3 is 10.4 Å². The van der Waals surface area contributed by atoms with Crippen molar-refractivity contribution in [1.29, 1.82) is 0 Å². The second-order valence-corrected chi connectivity index (χ2v) is 3.87. The first-order chi connectivity index (χ1) is 5.61. The normalized spacial score (nSPS) is 30.6. The minimum atomic E-state index is -0.662. The van der Waals surface area contributed by atoms with Gasteiger partial charge in [0.05, 0.1) is 5.92 Å². The fraction of sp³-hybridized carbons (Fsp3) is 0.889. The van der Waals surface area contributed by atoms with E-state index in [2.05, 4.69) is 19.2 Å². The number of hydrogen-bond donors (Lipinski definition) is 2. The summed E-state index contributed by atoms with van der Waals surface area (Å²) in [6.07, 6.45) is 1.82. The van der Waals surface area contributed by atoms with Crippen molar-refractivity contribution in [2.75, 3.05) is 6.54 Å². The molecule has 3 nitrogen and oxygen atoms in total. The van der Waals surface area contributed by atoms with E-state index < -0.39 is 5.97 Å². The third-order valence-corrected chi connectivity index (χ3v) is 2.61. The summed E-state index contributed by atoms with van der Waals surface area (Å²) >= 11 is 0. The van der Waals surface area contributed by atoms with E-state index in [-0.39, 0.29) is 5.92 Å². The van der Waals surface area contributed by atoms with Crippen LogP contribution in [-0.2, 0) is 4.79 Å². The molecular weight excluding hydrogens is 154 g/mol. The van der Waals surface area contributed by atoms with E-state index in [9.17, 15) is 4.79 Å². The summed E-state index contributed by atoms with van der Waals surface area (Å²) in [6, 6.07) is 0.514. The Morgan fingerprint density at radius 3 is 2.50 bits per heavy atom. The van der Waals surface area contributed by atoms with Crippen molar-refractivity contribution in [3.8, 4) is 0 Å². The SMILES string of the molecule is CC(C)[C@H]1CC[C@@H](C(=O)O)CN1. The first-order valence-corrected chi connectivity index (χ1v) is 4.57. The molecule has 1 fully saturated rings. The second-order valence-electron chi connectivity index (χ2n) is 3.87. The number of rotatable bonds is 2. The zero-order valence-electron chi connectivity index (χ0n) is 7.71. The molecule has 1 saturated heterocycles. The summed E-state index contributed by atoms with van der Waals surface area (Å²) in [5.41, 5.74) is 0. The molecular formula is C9H17NO2. The van der Waals surface area contributed by atoms with Crippen LogP contribution in [0.4, 0.5) is 0 Å².